The van der Waals surface area contributed by atoms with Crippen molar-refractivity contribution in [3.8, 4) is 0 Å². The van der Waals surface area contributed by atoms with Gasteiger partial charge < -0.3 is 23.7 Å². The van der Waals surface area contributed by atoms with Crippen molar-refractivity contribution in [3.63, 3.8) is 0 Å². The minimum absolute atomic E-state index is 0.300. The van der Waals surface area contributed by atoms with Crippen molar-refractivity contribution in [2.45, 2.75) is 45.8 Å². The molecular formula is C19H28N2O6. The van der Waals surface area contributed by atoms with Gasteiger partial charge in [-0.1, -0.05) is 0 Å². The predicted octanol–water partition coefficient (Wildman–Crippen LogP) is 2.43. The summed E-state index contributed by atoms with van der Waals surface area (Å²) >= 11 is 0. The van der Waals surface area contributed by atoms with Gasteiger partial charge in [-0.25, -0.2) is 4.79 Å². The largest absolute Gasteiger partial charge is 0.467 e. The summed E-state index contributed by atoms with van der Waals surface area (Å²) < 4.78 is 15.7. The molecule has 1 aromatic rings. The molecule has 0 aromatic carbocycles. The zero-order valence-electron chi connectivity index (χ0n) is 16.4. The van der Waals surface area contributed by atoms with Crippen LogP contribution in [0, 0.1) is 5.92 Å². The second-order valence-electron chi connectivity index (χ2n) is 7.68. The molecule has 1 fully saturated rings. The van der Waals surface area contributed by atoms with Crippen LogP contribution < -0.4 is 0 Å². The molecule has 1 aliphatic heterocycles. The summed E-state index contributed by atoms with van der Waals surface area (Å²) in [6.45, 7) is 6.32. The lowest BCUT2D eigenvalue weighted by Gasteiger charge is -2.32. The Morgan fingerprint density at radius 3 is 2.48 bits per heavy atom. The number of amides is 2. The van der Waals surface area contributed by atoms with E-state index in [4.69, 9.17) is 13.9 Å². The maximum atomic E-state index is 12.2. The van der Waals surface area contributed by atoms with Crippen LogP contribution in [0.2, 0.25) is 0 Å². The molecule has 150 valence electrons. The number of nitrogens with zero attached hydrogens (tertiary/aromatic N) is 2. The maximum absolute atomic E-state index is 12.2. The predicted molar refractivity (Wildman–Crippen MR) is 96.7 cm³/mol. The molecule has 2 rings (SSSR count). The molecule has 0 saturated carbocycles. The van der Waals surface area contributed by atoms with E-state index in [1.807, 2.05) is 20.8 Å². The molecule has 0 atom stereocenters. The van der Waals surface area contributed by atoms with Crippen LogP contribution in [0.15, 0.2) is 22.8 Å². The Kier molecular flexibility index (Phi) is 6.87. The fraction of sp³-hybridized carbons (Fsp3) is 0.632. The van der Waals surface area contributed by atoms with Gasteiger partial charge in [-0.15, -0.1) is 0 Å². The number of hydrogen-bond acceptors (Lipinski definition) is 6. The van der Waals surface area contributed by atoms with Crippen LogP contribution in [0.1, 0.15) is 39.4 Å². The third kappa shape index (κ3) is 6.62. The molecule has 2 heterocycles. The molecule has 0 spiro atoms. The van der Waals surface area contributed by atoms with Crippen LogP contribution in [0.25, 0.3) is 0 Å². The highest BCUT2D eigenvalue weighted by molar-refractivity contribution is 5.81. The number of ether oxygens (including phenoxy) is 2. The Morgan fingerprint density at radius 1 is 1.26 bits per heavy atom. The van der Waals surface area contributed by atoms with Gasteiger partial charge in [0.25, 0.3) is 5.91 Å². The molecule has 8 heteroatoms. The van der Waals surface area contributed by atoms with E-state index < -0.39 is 11.6 Å². The Labute approximate surface area is 159 Å². The van der Waals surface area contributed by atoms with E-state index in [2.05, 4.69) is 0 Å². The fourth-order valence-electron chi connectivity index (χ4n) is 2.71. The molecular weight excluding hydrogens is 352 g/mol. The minimum atomic E-state index is -0.547. The van der Waals surface area contributed by atoms with Crippen LogP contribution in [0.5, 0.6) is 0 Å². The molecule has 0 radical (unpaired) electrons. The average molecular weight is 380 g/mol. The first kappa shape index (κ1) is 20.8. The third-order valence-corrected chi connectivity index (χ3v) is 4.22. The highest BCUT2D eigenvalue weighted by atomic mass is 16.6. The topological polar surface area (TPSA) is 89.3 Å². The zero-order valence-corrected chi connectivity index (χ0v) is 16.4. The lowest BCUT2D eigenvalue weighted by molar-refractivity contribution is -0.156. The lowest BCUT2D eigenvalue weighted by atomic mass is 9.97. The van der Waals surface area contributed by atoms with Crippen LogP contribution in [-0.2, 0) is 25.6 Å². The van der Waals surface area contributed by atoms with Gasteiger partial charge in [-0.3, -0.25) is 9.59 Å². The second kappa shape index (κ2) is 8.92. The number of likely N-dealkylation sites (N-methyl/N-ethyl adjacent to an activating group) is 1. The van der Waals surface area contributed by atoms with E-state index in [9.17, 15) is 14.4 Å². The average Bonchev–Trinajstić information content (AvgIpc) is 3.11. The molecule has 8 nitrogen and oxygen atoms in total. The number of likely N-dealkylation sites (tertiary alicyclic amines) is 1. The van der Waals surface area contributed by atoms with Crippen molar-refractivity contribution in [1.29, 1.82) is 0 Å². The Bertz CT molecular complexity index is 642. The van der Waals surface area contributed by atoms with Crippen molar-refractivity contribution in [2.24, 2.45) is 5.92 Å². The normalized spacial score (nSPS) is 15.3. The first-order valence-electron chi connectivity index (χ1n) is 9.06. The molecule has 1 saturated heterocycles. The molecule has 2 amide bonds. The number of carbonyl (C=O) groups excluding carboxylic acids is 3. The Morgan fingerprint density at radius 2 is 1.93 bits per heavy atom. The number of esters is 1. The zero-order chi connectivity index (χ0) is 20.0. The van der Waals surface area contributed by atoms with Crippen LogP contribution in [-0.4, -0.2) is 60.1 Å². The summed E-state index contributed by atoms with van der Waals surface area (Å²) in [6, 6.07) is 3.52. The minimum Gasteiger partial charge on any atom is -0.467 e. The Balaban J connectivity index is 1.71. The Hall–Kier alpha value is -2.51. The molecule has 0 N–H and O–H groups in total. The molecule has 0 unspecified atom stereocenters. The van der Waals surface area contributed by atoms with E-state index >= 15 is 0 Å². The van der Waals surface area contributed by atoms with Crippen molar-refractivity contribution in [1.82, 2.24) is 9.80 Å². The molecule has 1 aliphatic rings. The summed E-state index contributed by atoms with van der Waals surface area (Å²) in [6.07, 6.45) is 2.16. The monoisotopic (exact) mass is 380 g/mol. The van der Waals surface area contributed by atoms with Crippen LogP contribution in [0.3, 0.4) is 0 Å². The number of carbonyl (C=O) groups is 3. The highest BCUT2D eigenvalue weighted by Crippen LogP contribution is 2.21. The van der Waals surface area contributed by atoms with E-state index in [1.165, 1.54) is 11.2 Å². The fourth-order valence-corrected chi connectivity index (χ4v) is 2.71. The van der Waals surface area contributed by atoms with Crippen LogP contribution in [0.4, 0.5) is 4.79 Å². The van der Waals surface area contributed by atoms with Gasteiger partial charge in [0.1, 0.15) is 11.4 Å². The summed E-state index contributed by atoms with van der Waals surface area (Å²) in [5.41, 5.74) is -0.547. The number of hydrogen-bond donors (Lipinski definition) is 0. The van der Waals surface area contributed by atoms with Gasteiger partial charge in [-0.2, -0.15) is 0 Å². The van der Waals surface area contributed by atoms with E-state index in [1.54, 1.807) is 24.1 Å². The summed E-state index contributed by atoms with van der Waals surface area (Å²) in [5, 5.41) is 0. The number of rotatable bonds is 5. The molecule has 0 bridgehead atoms. The standard InChI is InChI=1S/C19H28N2O6/c1-19(2,3)27-18(24)21-9-7-14(8-10-21)17(23)26-13-16(22)20(4)12-15-6-5-11-25-15/h5-6,11,14H,7-10,12-13H2,1-4H3. The van der Waals surface area contributed by atoms with Gasteiger partial charge >= 0.3 is 12.1 Å². The first-order valence-corrected chi connectivity index (χ1v) is 9.06. The lowest BCUT2D eigenvalue weighted by Crippen LogP contribution is -2.43. The van der Waals surface area contributed by atoms with Gasteiger partial charge in [0, 0.05) is 20.1 Å². The van der Waals surface area contributed by atoms with Crippen molar-refractivity contribution in [2.75, 3.05) is 26.7 Å². The summed E-state index contributed by atoms with van der Waals surface area (Å²) in [5.74, 6) is -0.358. The van der Waals surface area contributed by atoms with Crippen molar-refractivity contribution in [3.05, 3.63) is 24.2 Å². The second-order valence-corrected chi connectivity index (χ2v) is 7.68. The van der Waals surface area contributed by atoms with Gasteiger partial charge in [-0.05, 0) is 45.7 Å². The quantitative estimate of drug-likeness (QED) is 0.729. The SMILES string of the molecule is CN(Cc1ccco1)C(=O)COC(=O)C1CCN(C(=O)OC(C)(C)C)CC1. The highest BCUT2D eigenvalue weighted by Gasteiger charge is 2.31. The summed E-state index contributed by atoms with van der Waals surface area (Å²) in [7, 11) is 1.62. The third-order valence-electron chi connectivity index (χ3n) is 4.22. The number of piperidine rings is 1. The smallest absolute Gasteiger partial charge is 0.410 e. The van der Waals surface area contributed by atoms with Crippen molar-refractivity contribution >= 4 is 18.0 Å². The van der Waals surface area contributed by atoms with Crippen LogP contribution >= 0.6 is 0 Å². The van der Waals surface area contributed by atoms with E-state index in [-0.39, 0.29) is 24.5 Å². The molecule has 1 aromatic heterocycles. The molecule has 27 heavy (non-hydrogen) atoms. The van der Waals surface area contributed by atoms with Gasteiger partial charge in [0.15, 0.2) is 6.61 Å². The van der Waals surface area contributed by atoms with Crippen molar-refractivity contribution < 1.29 is 28.3 Å². The van der Waals surface area contributed by atoms with E-state index in [0.29, 0.717) is 38.2 Å². The van der Waals surface area contributed by atoms with Gasteiger partial charge in [0.05, 0.1) is 18.7 Å². The maximum Gasteiger partial charge on any atom is 0.410 e. The summed E-state index contributed by atoms with van der Waals surface area (Å²) in [4.78, 5) is 39.3. The first-order chi connectivity index (χ1) is 12.7. The molecule has 0 aliphatic carbocycles. The number of furan rings is 1. The van der Waals surface area contributed by atoms with Gasteiger partial charge in [0.2, 0.25) is 0 Å². The van der Waals surface area contributed by atoms with E-state index in [0.717, 1.165) is 0 Å².